The largest absolute Gasteiger partial charge is 0.370 e. The van der Waals surface area contributed by atoms with Gasteiger partial charge < -0.3 is 10.6 Å². The lowest BCUT2D eigenvalue weighted by atomic mass is 10.0. The van der Waals surface area contributed by atoms with Crippen molar-refractivity contribution in [1.82, 2.24) is 0 Å². The van der Waals surface area contributed by atoms with Gasteiger partial charge in [-0.05, 0) is 65.2 Å². The van der Waals surface area contributed by atoms with E-state index in [0.29, 0.717) is 0 Å². The molecule has 0 amide bonds. The maximum Gasteiger partial charge on any atom is 0.0510 e. The number of anilines is 1. The Morgan fingerprint density at radius 3 is 2.85 bits per heavy atom. The van der Waals surface area contributed by atoms with Crippen LogP contribution in [0.4, 0.5) is 5.69 Å². The summed E-state index contributed by atoms with van der Waals surface area (Å²) in [5, 5.41) is 0. The standard InChI is InChI=1S/C17H27BrN2/c1-3-5-13-8-9-20(12-13)17-7-6-14(11-16(17)18)10-15(19)4-2/h6-7,11,13,15H,3-5,8-10,12,19H2,1-2H3. The van der Waals surface area contributed by atoms with Gasteiger partial charge in [-0.15, -0.1) is 0 Å². The van der Waals surface area contributed by atoms with Crippen LogP contribution in [0.1, 0.15) is 45.1 Å². The second-order valence-electron chi connectivity index (χ2n) is 6.05. The van der Waals surface area contributed by atoms with Gasteiger partial charge in [0.1, 0.15) is 0 Å². The number of halogens is 1. The summed E-state index contributed by atoms with van der Waals surface area (Å²) >= 11 is 3.75. The minimum absolute atomic E-state index is 0.272. The number of nitrogens with two attached hydrogens (primary N) is 1. The van der Waals surface area contributed by atoms with Crippen LogP contribution in [0.15, 0.2) is 22.7 Å². The van der Waals surface area contributed by atoms with E-state index in [4.69, 9.17) is 5.73 Å². The summed E-state index contributed by atoms with van der Waals surface area (Å²) in [6, 6.07) is 7.02. The molecule has 2 nitrogen and oxygen atoms in total. The van der Waals surface area contributed by atoms with Crippen LogP contribution in [-0.2, 0) is 6.42 Å². The molecule has 2 rings (SSSR count). The molecule has 1 aromatic carbocycles. The summed E-state index contributed by atoms with van der Waals surface area (Å²) in [6.07, 6.45) is 5.99. The predicted molar refractivity (Wildman–Crippen MR) is 91.3 cm³/mol. The highest BCUT2D eigenvalue weighted by Gasteiger charge is 2.23. The van der Waals surface area contributed by atoms with Gasteiger partial charge in [0.2, 0.25) is 0 Å². The van der Waals surface area contributed by atoms with Crippen LogP contribution in [0.2, 0.25) is 0 Å². The Kier molecular flexibility index (Phi) is 5.91. The molecule has 0 aliphatic carbocycles. The maximum atomic E-state index is 6.04. The molecule has 0 bridgehead atoms. The minimum atomic E-state index is 0.272. The van der Waals surface area contributed by atoms with Crippen molar-refractivity contribution in [2.45, 2.75) is 52.0 Å². The fourth-order valence-electron chi connectivity index (χ4n) is 3.08. The molecule has 2 atom stereocenters. The Morgan fingerprint density at radius 1 is 1.40 bits per heavy atom. The first-order valence-electron chi connectivity index (χ1n) is 7.93. The molecular formula is C17H27BrN2. The smallest absolute Gasteiger partial charge is 0.0510 e. The zero-order valence-corrected chi connectivity index (χ0v) is 14.3. The molecule has 0 radical (unpaired) electrons. The first-order valence-corrected chi connectivity index (χ1v) is 8.72. The van der Waals surface area contributed by atoms with E-state index in [1.54, 1.807) is 0 Å². The van der Waals surface area contributed by atoms with E-state index in [-0.39, 0.29) is 6.04 Å². The molecule has 1 aliphatic rings. The SMILES string of the molecule is CCCC1CCN(c2ccc(CC(N)CC)cc2Br)C1. The van der Waals surface area contributed by atoms with Crippen LogP contribution in [0.3, 0.4) is 0 Å². The molecule has 2 unspecified atom stereocenters. The number of benzene rings is 1. The van der Waals surface area contributed by atoms with Gasteiger partial charge in [0.25, 0.3) is 0 Å². The molecular weight excluding hydrogens is 312 g/mol. The summed E-state index contributed by atoms with van der Waals surface area (Å²) in [5.41, 5.74) is 8.72. The van der Waals surface area contributed by atoms with Crippen LogP contribution >= 0.6 is 15.9 Å². The van der Waals surface area contributed by atoms with Gasteiger partial charge in [-0.1, -0.05) is 26.3 Å². The van der Waals surface area contributed by atoms with Crippen LogP contribution in [0.25, 0.3) is 0 Å². The third-order valence-electron chi connectivity index (χ3n) is 4.36. The molecule has 2 N–H and O–H groups in total. The molecule has 112 valence electrons. The van der Waals surface area contributed by atoms with Crippen molar-refractivity contribution in [3.05, 3.63) is 28.2 Å². The lowest BCUT2D eigenvalue weighted by molar-refractivity contribution is 0.530. The number of hydrogen-bond donors (Lipinski definition) is 1. The lowest BCUT2D eigenvalue weighted by Gasteiger charge is -2.21. The summed E-state index contributed by atoms with van der Waals surface area (Å²) in [7, 11) is 0. The van der Waals surface area contributed by atoms with Gasteiger partial charge in [-0.25, -0.2) is 0 Å². The first-order chi connectivity index (χ1) is 9.63. The number of rotatable bonds is 6. The Bertz CT molecular complexity index is 433. The van der Waals surface area contributed by atoms with Crippen molar-refractivity contribution in [2.75, 3.05) is 18.0 Å². The molecule has 0 saturated carbocycles. The summed E-state index contributed by atoms with van der Waals surface area (Å²) in [5.74, 6) is 0.875. The van der Waals surface area contributed by atoms with E-state index in [1.165, 1.54) is 48.1 Å². The van der Waals surface area contributed by atoms with E-state index >= 15 is 0 Å². The number of nitrogens with zero attached hydrogens (tertiary/aromatic N) is 1. The fourth-order valence-corrected chi connectivity index (χ4v) is 3.75. The monoisotopic (exact) mass is 338 g/mol. The highest BCUT2D eigenvalue weighted by molar-refractivity contribution is 9.10. The highest BCUT2D eigenvalue weighted by atomic mass is 79.9. The van der Waals surface area contributed by atoms with Crippen molar-refractivity contribution < 1.29 is 0 Å². The van der Waals surface area contributed by atoms with Gasteiger partial charge in [0, 0.05) is 23.6 Å². The third kappa shape index (κ3) is 3.98. The molecule has 0 aromatic heterocycles. The zero-order chi connectivity index (χ0) is 14.5. The van der Waals surface area contributed by atoms with Gasteiger partial charge >= 0.3 is 0 Å². The van der Waals surface area contributed by atoms with Crippen molar-refractivity contribution in [3.8, 4) is 0 Å². The predicted octanol–water partition coefficient (Wildman–Crippen LogP) is 4.36. The Hall–Kier alpha value is -0.540. The fraction of sp³-hybridized carbons (Fsp3) is 0.647. The highest BCUT2D eigenvalue weighted by Crippen LogP contribution is 2.33. The van der Waals surface area contributed by atoms with Crippen molar-refractivity contribution in [1.29, 1.82) is 0 Å². The van der Waals surface area contributed by atoms with Crippen LogP contribution in [0.5, 0.6) is 0 Å². The molecule has 3 heteroatoms. The van der Waals surface area contributed by atoms with E-state index in [1.807, 2.05) is 0 Å². The normalized spacial score (nSPS) is 20.4. The maximum absolute atomic E-state index is 6.04. The lowest BCUT2D eigenvalue weighted by Crippen LogP contribution is -2.22. The molecule has 1 saturated heterocycles. The molecule has 1 fully saturated rings. The van der Waals surface area contributed by atoms with E-state index in [9.17, 15) is 0 Å². The van der Waals surface area contributed by atoms with Crippen molar-refractivity contribution in [3.63, 3.8) is 0 Å². The second kappa shape index (κ2) is 7.46. The minimum Gasteiger partial charge on any atom is -0.370 e. The molecule has 0 spiro atoms. The summed E-state index contributed by atoms with van der Waals surface area (Å²) in [6.45, 7) is 6.83. The summed E-state index contributed by atoms with van der Waals surface area (Å²) < 4.78 is 1.22. The third-order valence-corrected chi connectivity index (χ3v) is 4.99. The van der Waals surface area contributed by atoms with E-state index in [2.05, 4.69) is 52.9 Å². The summed E-state index contributed by atoms with van der Waals surface area (Å²) in [4.78, 5) is 2.52. The van der Waals surface area contributed by atoms with E-state index < -0.39 is 0 Å². The Morgan fingerprint density at radius 2 is 2.20 bits per heavy atom. The zero-order valence-electron chi connectivity index (χ0n) is 12.7. The number of hydrogen-bond acceptors (Lipinski definition) is 2. The molecule has 20 heavy (non-hydrogen) atoms. The van der Waals surface area contributed by atoms with Crippen molar-refractivity contribution in [2.24, 2.45) is 11.7 Å². The topological polar surface area (TPSA) is 29.3 Å². The van der Waals surface area contributed by atoms with Crippen LogP contribution in [-0.4, -0.2) is 19.1 Å². The molecule has 1 heterocycles. The Balaban J connectivity index is 2.03. The van der Waals surface area contributed by atoms with Gasteiger partial charge in [0.05, 0.1) is 5.69 Å². The first kappa shape index (κ1) is 15.8. The molecule has 1 aromatic rings. The van der Waals surface area contributed by atoms with Gasteiger partial charge in [0.15, 0.2) is 0 Å². The Labute approximate surface area is 131 Å². The van der Waals surface area contributed by atoms with Gasteiger partial charge in [-0.2, -0.15) is 0 Å². The van der Waals surface area contributed by atoms with Crippen molar-refractivity contribution >= 4 is 21.6 Å². The molecule has 1 aliphatic heterocycles. The van der Waals surface area contributed by atoms with Crippen LogP contribution in [0, 0.1) is 5.92 Å². The average Bonchev–Trinajstić information content (AvgIpc) is 2.87. The average molecular weight is 339 g/mol. The van der Waals surface area contributed by atoms with E-state index in [0.717, 1.165) is 18.8 Å². The quantitative estimate of drug-likeness (QED) is 0.835. The second-order valence-corrected chi connectivity index (χ2v) is 6.90. The van der Waals surface area contributed by atoms with Crippen LogP contribution < -0.4 is 10.6 Å². The van der Waals surface area contributed by atoms with Gasteiger partial charge in [-0.3, -0.25) is 0 Å².